The number of piperidine rings is 1. The van der Waals surface area contributed by atoms with Gasteiger partial charge in [0.15, 0.2) is 0 Å². The number of fused-ring (bicyclic) bond motifs is 2. The highest BCUT2D eigenvalue weighted by atomic mass is 16.2. The van der Waals surface area contributed by atoms with Crippen molar-refractivity contribution >= 4 is 28.9 Å². The first kappa shape index (κ1) is 20.2. The second kappa shape index (κ2) is 8.44. The molecule has 0 spiro atoms. The minimum Gasteiger partial charge on any atom is -0.320 e. The number of carbonyl (C=O) groups is 2. The van der Waals surface area contributed by atoms with Crippen LogP contribution in [0.15, 0.2) is 48.5 Å². The second-order valence-corrected chi connectivity index (χ2v) is 9.05. The molecule has 0 saturated carbocycles. The molecule has 6 heteroatoms. The van der Waals surface area contributed by atoms with Gasteiger partial charge in [0.25, 0.3) is 5.91 Å². The van der Waals surface area contributed by atoms with E-state index >= 15 is 0 Å². The Morgan fingerprint density at radius 2 is 1.74 bits per heavy atom. The molecule has 0 aliphatic carbocycles. The highest BCUT2D eigenvalue weighted by Crippen LogP contribution is 2.38. The van der Waals surface area contributed by atoms with Crippen molar-refractivity contribution in [2.75, 3.05) is 43.4 Å². The molecule has 1 N–H and O–H groups in total. The lowest BCUT2D eigenvalue weighted by Gasteiger charge is -2.38. The molecule has 0 bridgehead atoms. The molecule has 2 aromatic rings. The number of para-hydroxylation sites is 3. The zero-order chi connectivity index (χ0) is 21.4. The standard InChI is InChI=1S/C25H30N4O2/c1-27-14-7-13-21(27)18-8-6-15-28(16-18)17-24(30)29-22-11-4-2-9-19(22)25(31)26-20-10-3-5-12-23(20)29/h2-5,9-12,18,21H,6-8,13-17H2,1H3,(H,26,31). The van der Waals surface area contributed by atoms with Crippen molar-refractivity contribution in [3.63, 3.8) is 0 Å². The van der Waals surface area contributed by atoms with Crippen LogP contribution in [0.2, 0.25) is 0 Å². The van der Waals surface area contributed by atoms with Gasteiger partial charge in [0.2, 0.25) is 5.91 Å². The summed E-state index contributed by atoms with van der Waals surface area (Å²) in [4.78, 5) is 33.0. The first-order chi connectivity index (χ1) is 15.1. The summed E-state index contributed by atoms with van der Waals surface area (Å²) in [6.45, 7) is 3.47. The summed E-state index contributed by atoms with van der Waals surface area (Å²) in [6, 6.07) is 15.5. The van der Waals surface area contributed by atoms with Gasteiger partial charge in [-0.2, -0.15) is 0 Å². The number of rotatable bonds is 3. The maximum Gasteiger partial charge on any atom is 0.257 e. The van der Waals surface area contributed by atoms with E-state index in [1.807, 2.05) is 42.5 Å². The fourth-order valence-corrected chi connectivity index (χ4v) is 5.57. The molecular weight excluding hydrogens is 388 g/mol. The quantitative estimate of drug-likeness (QED) is 0.825. The molecule has 3 aliphatic rings. The highest BCUT2D eigenvalue weighted by Gasteiger charge is 2.35. The number of benzene rings is 2. The molecule has 3 aliphatic heterocycles. The number of carbonyl (C=O) groups excluding carboxylic acids is 2. The van der Waals surface area contributed by atoms with Crippen molar-refractivity contribution in [1.82, 2.24) is 9.80 Å². The topological polar surface area (TPSA) is 55.9 Å². The van der Waals surface area contributed by atoms with Crippen LogP contribution in [0, 0.1) is 5.92 Å². The molecule has 2 unspecified atom stereocenters. The van der Waals surface area contributed by atoms with Gasteiger partial charge in [-0.3, -0.25) is 19.4 Å². The summed E-state index contributed by atoms with van der Waals surface area (Å²) in [5.41, 5.74) is 2.58. The number of likely N-dealkylation sites (tertiary alicyclic amines) is 2. The summed E-state index contributed by atoms with van der Waals surface area (Å²) in [5, 5.41) is 2.96. The number of hydrogen-bond acceptors (Lipinski definition) is 4. The largest absolute Gasteiger partial charge is 0.320 e. The summed E-state index contributed by atoms with van der Waals surface area (Å²) < 4.78 is 0. The van der Waals surface area contributed by atoms with E-state index < -0.39 is 0 Å². The monoisotopic (exact) mass is 418 g/mol. The van der Waals surface area contributed by atoms with Crippen LogP contribution in [0.1, 0.15) is 36.0 Å². The van der Waals surface area contributed by atoms with Gasteiger partial charge in [-0.05, 0) is 76.0 Å². The first-order valence-electron chi connectivity index (χ1n) is 11.4. The van der Waals surface area contributed by atoms with Crippen LogP contribution in [0.25, 0.3) is 0 Å². The number of amides is 2. The van der Waals surface area contributed by atoms with Crippen LogP contribution in [0.4, 0.5) is 17.1 Å². The lowest BCUT2D eigenvalue weighted by molar-refractivity contribution is -0.119. The maximum absolute atomic E-state index is 13.7. The van der Waals surface area contributed by atoms with Crippen molar-refractivity contribution in [1.29, 1.82) is 0 Å². The third-order valence-electron chi connectivity index (χ3n) is 7.05. The number of hydrogen-bond donors (Lipinski definition) is 1. The minimum atomic E-state index is -0.180. The summed E-state index contributed by atoms with van der Waals surface area (Å²) in [5.74, 6) is 0.457. The molecule has 2 amide bonds. The Labute approximate surface area is 183 Å². The van der Waals surface area contributed by atoms with Crippen molar-refractivity contribution in [2.45, 2.75) is 31.7 Å². The lowest BCUT2D eigenvalue weighted by Crippen LogP contribution is -2.47. The number of anilines is 3. The van der Waals surface area contributed by atoms with Crippen LogP contribution in [-0.2, 0) is 4.79 Å². The SMILES string of the molecule is CN1CCCC1C1CCCN(CC(=O)N2c3ccccc3NC(=O)c3ccccc32)C1. The van der Waals surface area contributed by atoms with Crippen LogP contribution < -0.4 is 10.2 Å². The molecule has 31 heavy (non-hydrogen) atoms. The molecule has 0 radical (unpaired) electrons. The Balaban J connectivity index is 1.41. The van der Waals surface area contributed by atoms with Gasteiger partial charge >= 0.3 is 0 Å². The second-order valence-electron chi connectivity index (χ2n) is 9.05. The van der Waals surface area contributed by atoms with E-state index in [1.54, 1.807) is 11.0 Å². The Morgan fingerprint density at radius 1 is 1.00 bits per heavy atom. The van der Waals surface area contributed by atoms with E-state index in [1.165, 1.54) is 25.8 Å². The van der Waals surface area contributed by atoms with Crippen LogP contribution in [-0.4, -0.2) is 60.9 Å². The zero-order valence-corrected chi connectivity index (χ0v) is 18.1. The van der Waals surface area contributed by atoms with E-state index in [0.717, 1.165) is 25.2 Å². The molecule has 162 valence electrons. The van der Waals surface area contributed by atoms with Crippen molar-refractivity contribution in [3.05, 3.63) is 54.1 Å². The van der Waals surface area contributed by atoms with Gasteiger partial charge in [0.05, 0.1) is 29.2 Å². The van der Waals surface area contributed by atoms with Gasteiger partial charge in [0.1, 0.15) is 0 Å². The molecular formula is C25H30N4O2. The predicted molar refractivity (Wildman–Crippen MR) is 123 cm³/mol. The molecule has 2 fully saturated rings. The Hall–Kier alpha value is -2.70. The van der Waals surface area contributed by atoms with Crippen molar-refractivity contribution in [2.24, 2.45) is 5.92 Å². The molecule has 5 rings (SSSR count). The molecule has 0 aromatic heterocycles. The fraction of sp³-hybridized carbons (Fsp3) is 0.440. The highest BCUT2D eigenvalue weighted by molar-refractivity contribution is 6.17. The van der Waals surface area contributed by atoms with Crippen molar-refractivity contribution in [3.8, 4) is 0 Å². The number of nitrogens with one attached hydrogen (secondary N) is 1. The molecule has 2 atom stereocenters. The number of nitrogens with zero attached hydrogens (tertiary/aromatic N) is 3. The van der Waals surface area contributed by atoms with Gasteiger partial charge in [-0.25, -0.2) is 0 Å². The minimum absolute atomic E-state index is 0.0110. The lowest BCUT2D eigenvalue weighted by atomic mass is 9.89. The summed E-state index contributed by atoms with van der Waals surface area (Å²) >= 11 is 0. The van der Waals surface area contributed by atoms with E-state index in [9.17, 15) is 9.59 Å². The molecule has 2 saturated heterocycles. The predicted octanol–water partition coefficient (Wildman–Crippen LogP) is 3.72. The fourth-order valence-electron chi connectivity index (χ4n) is 5.57. The Bertz CT molecular complexity index is 991. The van der Waals surface area contributed by atoms with Gasteiger partial charge in [-0.15, -0.1) is 0 Å². The average Bonchev–Trinajstić information content (AvgIpc) is 3.16. The average molecular weight is 419 g/mol. The maximum atomic E-state index is 13.7. The van der Waals surface area contributed by atoms with Crippen molar-refractivity contribution < 1.29 is 9.59 Å². The molecule has 3 heterocycles. The molecule has 6 nitrogen and oxygen atoms in total. The van der Waals surface area contributed by atoms with Crippen LogP contribution in [0.5, 0.6) is 0 Å². The summed E-state index contributed by atoms with van der Waals surface area (Å²) in [6.07, 6.45) is 4.92. The van der Waals surface area contributed by atoms with E-state index in [4.69, 9.17) is 0 Å². The Kier molecular flexibility index (Phi) is 5.50. The zero-order valence-electron chi connectivity index (χ0n) is 18.1. The Morgan fingerprint density at radius 3 is 2.55 bits per heavy atom. The third kappa shape index (κ3) is 3.86. The van der Waals surface area contributed by atoms with E-state index in [0.29, 0.717) is 35.4 Å². The van der Waals surface area contributed by atoms with Gasteiger partial charge < -0.3 is 10.2 Å². The van der Waals surface area contributed by atoms with Crippen LogP contribution in [0.3, 0.4) is 0 Å². The van der Waals surface area contributed by atoms with E-state index in [-0.39, 0.29) is 11.8 Å². The van der Waals surface area contributed by atoms with Crippen LogP contribution >= 0.6 is 0 Å². The normalized spacial score (nSPS) is 24.3. The van der Waals surface area contributed by atoms with Gasteiger partial charge in [-0.1, -0.05) is 24.3 Å². The van der Waals surface area contributed by atoms with Gasteiger partial charge in [0, 0.05) is 12.6 Å². The third-order valence-corrected chi connectivity index (χ3v) is 7.05. The smallest absolute Gasteiger partial charge is 0.257 e. The first-order valence-corrected chi connectivity index (χ1v) is 11.4. The summed E-state index contributed by atoms with van der Waals surface area (Å²) in [7, 11) is 2.23. The molecule has 2 aromatic carbocycles. The van der Waals surface area contributed by atoms with E-state index in [2.05, 4.69) is 22.2 Å².